The Bertz CT molecular complexity index is 773. The molecule has 4 nitrogen and oxygen atoms in total. The van der Waals surface area contributed by atoms with Crippen LogP contribution in [-0.4, -0.2) is 32.1 Å². The highest BCUT2D eigenvalue weighted by Crippen LogP contribution is 2.29. The quantitative estimate of drug-likeness (QED) is 0.872. The van der Waals surface area contributed by atoms with Gasteiger partial charge in [0.1, 0.15) is 5.82 Å². The van der Waals surface area contributed by atoms with Crippen LogP contribution in [0, 0.1) is 12.7 Å². The fourth-order valence-corrected chi connectivity index (χ4v) is 3.50. The SMILES string of the molecule is Cc1cccc(N2CCN(c3cc(Br)cc(F)c3C(N)=O)CC2)c1. The lowest BCUT2D eigenvalue weighted by atomic mass is 10.1. The molecule has 2 N–H and O–H groups in total. The molecule has 0 unspecified atom stereocenters. The molecule has 2 aromatic rings. The van der Waals surface area contributed by atoms with Crippen LogP contribution < -0.4 is 15.5 Å². The Balaban J connectivity index is 1.81. The molecule has 0 atom stereocenters. The maximum atomic E-state index is 14.1. The molecule has 6 heteroatoms. The van der Waals surface area contributed by atoms with E-state index in [1.165, 1.54) is 17.3 Å². The summed E-state index contributed by atoms with van der Waals surface area (Å²) in [7, 11) is 0. The number of nitrogens with two attached hydrogens (primary N) is 1. The largest absolute Gasteiger partial charge is 0.368 e. The average Bonchev–Trinajstić information content (AvgIpc) is 2.54. The second-order valence-corrected chi connectivity index (χ2v) is 6.87. The van der Waals surface area contributed by atoms with Gasteiger partial charge in [-0.1, -0.05) is 28.1 Å². The summed E-state index contributed by atoms with van der Waals surface area (Å²) in [6, 6.07) is 11.4. The number of primary amides is 1. The zero-order valence-corrected chi connectivity index (χ0v) is 15.0. The first-order valence-corrected chi connectivity index (χ1v) is 8.60. The number of carbonyl (C=O) groups excluding carboxylic acids is 1. The molecule has 0 spiro atoms. The Morgan fingerprint density at radius 1 is 1.12 bits per heavy atom. The van der Waals surface area contributed by atoms with Crippen molar-refractivity contribution in [2.45, 2.75) is 6.92 Å². The number of benzene rings is 2. The van der Waals surface area contributed by atoms with Crippen LogP contribution in [0.15, 0.2) is 40.9 Å². The monoisotopic (exact) mass is 391 g/mol. The Morgan fingerprint density at radius 3 is 2.42 bits per heavy atom. The second-order valence-electron chi connectivity index (χ2n) is 5.96. The van der Waals surface area contributed by atoms with E-state index in [4.69, 9.17) is 5.73 Å². The minimum atomic E-state index is -0.740. The molecule has 1 fully saturated rings. The number of nitrogens with zero attached hydrogens (tertiary/aromatic N) is 2. The van der Waals surface area contributed by atoms with Gasteiger partial charge in [0.2, 0.25) is 0 Å². The predicted octanol–water partition coefficient (Wildman–Crippen LogP) is 3.32. The number of amides is 1. The highest BCUT2D eigenvalue weighted by molar-refractivity contribution is 9.10. The van der Waals surface area contributed by atoms with Crippen molar-refractivity contribution in [1.29, 1.82) is 0 Å². The number of anilines is 2. The first-order valence-electron chi connectivity index (χ1n) is 7.81. The number of hydrogen-bond donors (Lipinski definition) is 1. The van der Waals surface area contributed by atoms with Gasteiger partial charge < -0.3 is 15.5 Å². The van der Waals surface area contributed by atoms with E-state index in [1.54, 1.807) is 6.07 Å². The van der Waals surface area contributed by atoms with E-state index in [1.807, 2.05) is 11.0 Å². The number of rotatable bonds is 3. The molecule has 3 rings (SSSR count). The molecule has 24 heavy (non-hydrogen) atoms. The smallest absolute Gasteiger partial charge is 0.253 e. The molecular weight excluding hydrogens is 373 g/mol. The zero-order valence-electron chi connectivity index (χ0n) is 13.4. The molecule has 0 radical (unpaired) electrons. The Hall–Kier alpha value is -2.08. The fraction of sp³-hybridized carbons (Fsp3) is 0.278. The minimum Gasteiger partial charge on any atom is -0.368 e. The fourth-order valence-electron chi connectivity index (χ4n) is 3.08. The van der Waals surface area contributed by atoms with Crippen molar-refractivity contribution in [2.24, 2.45) is 5.73 Å². The summed E-state index contributed by atoms with van der Waals surface area (Å²) in [5.74, 6) is -1.33. The van der Waals surface area contributed by atoms with Crippen molar-refractivity contribution < 1.29 is 9.18 Å². The van der Waals surface area contributed by atoms with Crippen molar-refractivity contribution in [3.05, 3.63) is 57.8 Å². The molecule has 0 aromatic heterocycles. The summed E-state index contributed by atoms with van der Waals surface area (Å²) in [6.07, 6.45) is 0. The lowest BCUT2D eigenvalue weighted by Crippen LogP contribution is -2.47. The van der Waals surface area contributed by atoms with Gasteiger partial charge in [0.15, 0.2) is 0 Å². The van der Waals surface area contributed by atoms with Crippen LogP contribution in [0.5, 0.6) is 0 Å². The Labute approximate surface area is 149 Å². The van der Waals surface area contributed by atoms with E-state index in [-0.39, 0.29) is 5.56 Å². The summed E-state index contributed by atoms with van der Waals surface area (Å²) >= 11 is 3.29. The van der Waals surface area contributed by atoms with Crippen LogP contribution in [0.4, 0.5) is 15.8 Å². The summed E-state index contributed by atoms with van der Waals surface area (Å²) < 4.78 is 14.7. The standard InChI is InChI=1S/C18H19BrFN3O/c1-12-3-2-4-14(9-12)22-5-7-23(8-6-22)16-11-13(19)10-15(20)17(16)18(21)24/h2-4,9-11H,5-8H2,1H3,(H2,21,24). The minimum absolute atomic E-state index is 0.0396. The van der Waals surface area contributed by atoms with E-state index in [9.17, 15) is 9.18 Å². The van der Waals surface area contributed by atoms with Crippen LogP contribution >= 0.6 is 15.9 Å². The van der Waals surface area contributed by atoms with Crippen LogP contribution in [0.25, 0.3) is 0 Å². The van der Waals surface area contributed by atoms with Crippen molar-refractivity contribution in [3.63, 3.8) is 0 Å². The van der Waals surface area contributed by atoms with Gasteiger partial charge in [-0.3, -0.25) is 4.79 Å². The zero-order chi connectivity index (χ0) is 17.3. The van der Waals surface area contributed by atoms with Crippen molar-refractivity contribution >= 4 is 33.2 Å². The van der Waals surface area contributed by atoms with Crippen molar-refractivity contribution in [1.82, 2.24) is 0 Å². The molecule has 1 aliphatic rings. The van der Waals surface area contributed by atoms with Gasteiger partial charge in [0.25, 0.3) is 5.91 Å². The first kappa shape index (κ1) is 16.8. The molecule has 1 heterocycles. The van der Waals surface area contributed by atoms with Gasteiger partial charge in [-0.15, -0.1) is 0 Å². The van der Waals surface area contributed by atoms with Gasteiger partial charge in [-0.05, 0) is 36.8 Å². The molecule has 1 saturated heterocycles. The third-order valence-electron chi connectivity index (χ3n) is 4.27. The molecule has 1 aliphatic heterocycles. The van der Waals surface area contributed by atoms with Crippen molar-refractivity contribution in [3.8, 4) is 0 Å². The topological polar surface area (TPSA) is 49.6 Å². The van der Waals surface area contributed by atoms with E-state index >= 15 is 0 Å². The van der Waals surface area contributed by atoms with Crippen LogP contribution in [0.3, 0.4) is 0 Å². The molecular formula is C18H19BrFN3O. The molecule has 2 aromatic carbocycles. The number of carbonyl (C=O) groups is 1. The third kappa shape index (κ3) is 3.38. The molecule has 126 valence electrons. The summed E-state index contributed by atoms with van der Waals surface area (Å²) in [5, 5.41) is 0. The van der Waals surface area contributed by atoms with E-state index in [0.717, 1.165) is 13.1 Å². The second kappa shape index (κ2) is 6.81. The molecule has 0 bridgehead atoms. The maximum absolute atomic E-state index is 14.1. The van der Waals surface area contributed by atoms with Crippen LogP contribution in [-0.2, 0) is 0 Å². The van der Waals surface area contributed by atoms with Gasteiger partial charge in [0, 0.05) is 36.3 Å². The van der Waals surface area contributed by atoms with Gasteiger partial charge in [0.05, 0.1) is 11.3 Å². The van der Waals surface area contributed by atoms with E-state index in [0.29, 0.717) is 23.2 Å². The van der Waals surface area contributed by atoms with Gasteiger partial charge in [-0.2, -0.15) is 0 Å². The Kier molecular flexibility index (Phi) is 4.76. The van der Waals surface area contributed by atoms with Crippen LogP contribution in [0.1, 0.15) is 15.9 Å². The normalized spacial score (nSPS) is 14.8. The maximum Gasteiger partial charge on any atom is 0.253 e. The molecule has 0 aliphatic carbocycles. The summed E-state index contributed by atoms with van der Waals surface area (Å²) in [6.45, 7) is 5.07. The molecule has 1 amide bonds. The van der Waals surface area contributed by atoms with Crippen LogP contribution in [0.2, 0.25) is 0 Å². The first-order chi connectivity index (χ1) is 11.5. The van der Waals surface area contributed by atoms with Gasteiger partial charge >= 0.3 is 0 Å². The van der Waals surface area contributed by atoms with E-state index in [2.05, 4.69) is 46.0 Å². The molecule has 0 saturated carbocycles. The summed E-state index contributed by atoms with van der Waals surface area (Å²) in [4.78, 5) is 16.0. The number of hydrogen-bond acceptors (Lipinski definition) is 3. The number of aryl methyl sites for hydroxylation is 1. The number of halogens is 2. The average molecular weight is 392 g/mol. The lowest BCUT2D eigenvalue weighted by molar-refractivity contribution is 0.0997. The number of piperazine rings is 1. The highest BCUT2D eigenvalue weighted by atomic mass is 79.9. The third-order valence-corrected chi connectivity index (χ3v) is 4.73. The highest BCUT2D eigenvalue weighted by Gasteiger charge is 2.24. The predicted molar refractivity (Wildman–Crippen MR) is 98.2 cm³/mol. The van der Waals surface area contributed by atoms with E-state index < -0.39 is 11.7 Å². The Morgan fingerprint density at radius 2 is 1.79 bits per heavy atom. The van der Waals surface area contributed by atoms with Crippen molar-refractivity contribution in [2.75, 3.05) is 36.0 Å². The summed E-state index contributed by atoms with van der Waals surface area (Å²) in [5.41, 5.74) is 8.30. The van der Waals surface area contributed by atoms with Gasteiger partial charge in [-0.25, -0.2) is 4.39 Å². The lowest BCUT2D eigenvalue weighted by Gasteiger charge is -2.38.